The highest BCUT2D eigenvalue weighted by Crippen LogP contribution is 2.27. The van der Waals surface area contributed by atoms with Gasteiger partial charge in [0.1, 0.15) is 6.20 Å². The molecule has 0 radical (unpaired) electrons. The summed E-state index contributed by atoms with van der Waals surface area (Å²) in [7, 11) is 0. The summed E-state index contributed by atoms with van der Waals surface area (Å²) in [4.78, 5) is 0. The monoisotopic (exact) mass is 244 g/mol. The Labute approximate surface area is 95.4 Å². The summed E-state index contributed by atoms with van der Waals surface area (Å²) >= 11 is 11.6. The molecule has 2 aromatic rings. The molecule has 0 saturated carbocycles. The van der Waals surface area contributed by atoms with Crippen molar-refractivity contribution in [2.24, 2.45) is 0 Å². The van der Waals surface area contributed by atoms with Crippen LogP contribution in [0, 0.1) is 5.21 Å². The molecule has 78 valence electrons. The number of benzene rings is 1. The van der Waals surface area contributed by atoms with E-state index in [4.69, 9.17) is 23.2 Å². The highest BCUT2D eigenvalue weighted by atomic mass is 35.5. The van der Waals surface area contributed by atoms with Crippen molar-refractivity contribution in [1.82, 2.24) is 4.73 Å². The van der Waals surface area contributed by atoms with E-state index in [0.29, 0.717) is 25.1 Å². The molecule has 4 nitrogen and oxygen atoms in total. The molecule has 15 heavy (non-hydrogen) atoms. The van der Waals surface area contributed by atoms with Gasteiger partial charge in [0, 0.05) is 5.02 Å². The zero-order chi connectivity index (χ0) is 11.0. The predicted molar refractivity (Wildman–Crippen MR) is 56.0 cm³/mol. The summed E-state index contributed by atoms with van der Waals surface area (Å²) in [6, 6.07) is 4.67. The highest BCUT2D eigenvalue weighted by Gasteiger charge is 2.18. The number of halogens is 2. The lowest BCUT2D eigenvalue weighted by atomic mass is 10.2. The van der Waals surface area contributed by atoms with Crippen LogP contribution in [0.1, 0.15) is 0 Å². The highest BCUT2D eigenvalue weighted by molar-refractivity contribution is 6.36. The molecule has 0 aliphatic heterocycles. The van der Waals surface area contributed by atoms with Crippen molar-refractivity contribution >= 4 is 23.2 Å². The van der Waals surface area contributed by atoms with Crippen LogP contribution in [-0.4, -0.2) is 9.94 Å². The van der Waals surface area contributed by atoms with Crippen LogP contribution in [-0.2, 0) is 0 Å². The molecule has 0 spiro atoms. The van der Waals surface area contributed by atoms with Crippen LogP contribution in [0.3, 0.4) is 0 Å². The van der Waals surface area contributed by atoms with Gasteiger partial charge in [0.2, 0.25) is 0 Å². The molecule has 1 aromatic heterocycles. The van der Waals surface area contributed by atoms with E-state index in [-0.39, 0.29) is 5.82 Å². The van der Waals surface area contributed by atoms with Gasteiger partial charge in [-0.15, -0.1) is 0 Å². The van der Waals surface area contributed by atoms with E-state index < -0.39 is 0 Å². The first kappa shape index (κ1) is 10.1. The molecule has 1 aromatic carbocycles. The molecule has 0 fully saturated rings. The summed E-state index contributed by atoms with van der Waals surface area (Å²) in [6.45, 7) is 0. The molecule has 0 unspecified atom stereocenters. The van der Waals surface area contributed by atoms with Crippen LogP contribution in [0.5, 0.6) is 0 Å². The Morgan fingerprint density at radius 3 is 2.60 bits per heavy atom. The fourth-order valence-electron chi connectivity index (χ4n) is 1.28. The summed E-state index contributed by atoms with van der Waals surface area (Å²) in [5.41, 5.74) is 0.420. The average Bonchev–Trinajstić information content (AvgIpc) is 2.48. The first-order valence-corrected chi connectivity index (χ1v) is 4.80. The standard InChI is InChI=1S/C9H6Cl2N2O2/c10-6-1-2-7(8(11)5-6)9-12(14)3-4-13(9)15/h1-5,14H. The summed E-state index contributed by atoms with van der Waals surface area (Å²) in [6.07, 6.45) is 2.41. The van der Waals surface area contributed by atoms with E-state index in [1.165, 1.54) is 18.5 Å². The maximum Gasteiger partial charge on any atom is 0.332 e. The zero-order valence-electron chi connectivity index (χ0n) is 7.39. The normalized spacial score (nSPS) is 10.5. The SMILES string of the molecule is [O-][n+]1ccn(O)c1-c1ccc(Cl)cc1Cl. The molecule has 0 atom stereocenters. The molecule has 0 aliphatic carbocycles. The molecular formula is C9H6Cl2N2O2. The number of imidazole rings is 1. The Hall–Kier alpha value is -1.39. The lowest BCUT2D eigenvalue weighted by molar-refractivity contribution is -0.594. The number of rotatable bonds is 1. The Morgan fingerprint density at radius 2 is 2.07 bits per heavy atom. The molecule has 0 aliphatic rings. The zero-order valence-corrected chi connectivity index (χ0v) is 8.90. The first-order chi connectivity index (χ1) is 7.09. The largest absolute Gasteiger partial charge is 0.710 e. The van der Waals surface area contributed by atoms with Crippen molar-refractivity contribution in [3.63, 3.8) is 0 Å². The molecule has 0 bridgehead atoms. The van der Waals surface area contributed by atoms with Gasteiger partial charge in [-0.3, -0.25) is 0 Å². The van der Waals surface area contributed by atoms with Gasteiger partial charge in [-0.2, -0.15) is 0 Å². The minimum atomic E-state index is 0.0525. The van der Waals surface area contributed by atoms with Crippen LogP contribution in [0.25, 0.3) is 11.4 Å². The van der Waals surface area contributed by atoms with Gasteiger partial charge >= 0.3 is 5.82 Å². The topological polar surface area (TPSA) is 52.1 Å². The fraction of sp³-hybridized carbons (Fsp3) is 0. The second-order valence-electron chi connectivity index (χ2n) is 2.92. The number of nitrogens with zero attached hydrogens (tertiary/aromatic N) is 2. The lowest BCUT2D eigenvalue weighted by Gasteiger charge is -2.04. The quantitative estimate of drug-likeness (QED) is 0.476. The Bertz CT molecular complexity index is 491. The van der Waals surface area contributed by atoms with E-state index in [1.807, 2.05) is 0 Å². The van der Waals surface area contributed by atoms with Crippen LogP contribution < -0.4 is 4.73 Å². The third kappa shape index (κ3) is 1.73. The molecular weight excluding hydrogens is 239 g/mol. The van der Waals surface area contributed by atoms with Gasteiger partial charge in [0.25, 0.3) is 0 Å². The van der Waals surface area contributed by atoms with Gasteiger partial charge in [-0.05, 0) is 22.9 Å². The van der Waals surface area contributed by atoms with Crippen molar-refractivity contribution in [3.8, 4) is 11.4 Å². The Kier molecular flexibility index (Phi) is 2.46. The van der Waals surface area contributed by atoms with Crippen LogP contribution in [0.15, 0.2) is 30.6 Å². The Balaban J connectivity index is 2.64. The molecule has 1 heterocycles. The van der Waals surface area contributed by atoms with Crippen molar-refractivity contribution in [3.05, 3.63) is 45.8 Å². The third-order valence-electron chi connectivity index (χ3n) is 1.94. The molecule has 6 heteroatoms. The van der Waals surface area contributed by atoms with Gasteiger partial charge in [0.15, 0.2) is 6.20 Å². The van der Waals surface area contributed by atoms with Crippen molar-refractivity contribution in [2.45, 2.75) is 0 Å². The van der Waals surface area contributed by atoms with Gasteiger partial charge < -0.3 is 10.4 Å². The number of hydrogen-bond acceptors (Lipinski definition) is 2. The third-order valence-corrected chi connectivity index (χ3v) is 2.49. The number of aromatic nitrogens is 2. The molecule has 0 amide bonds. The smallest absolute Gasteiger partial charge is 0.332 e. The first-order valence-electron chi connectivity index (χ1n) is 4.05. The molecule has 0 saturated heterocycles. The maximum atomic E-state index is 11.3. The van der Waals surface area contributed by atoms with E-state index >= 15 is 0 Å². The lowest BCUT2D eigenvalue weighted by Crippen LogP contribution is -2.26. The minimum absolute atomic E-state index is 0.0525. The predicted octanol–water partition coefficient (Wildman–Crippen LogP) is 2.33. The van der Waals surface area contributed by atoms with Crippen LogP contribution in [0.2, 0.25) is 10.0 Å². The van der Waals surface area contributed by atoms with Crippen LogP contribution in [0.4, 0.5) is 0 Å². The van der Waals surface area contributed by atoms with Crippen molar-refractivity contribution < 1.29 is 9.94 Å². The van der Waals surface area contributed by atoms with Gasteiger partial charge in [-0.1, -0.05) is 23.2 Å². The van der Waals surface area contributed by atoms with Gasteiger partial charge in [-0.25, -0.2) is 4.73 Å². The van der Waals surface area contributed by atoms with E-state index in [2.05, 4.69) is 0 Å². The van der Waals surface area contributed by atoms with E-state index in [0.717, 1.165) is 0 Å². The second-order valence-corrected chi connectivity index (χ2v) is 3.76. The maximum absolute atomic E-state index is 11.3. The summed E-state index contributed by atoms with van der Waals surface area (Å²) in [5.74, 6) is 0.0525. The second kappa shape index (κ2) is 3.64. The molecule has 2 rings (SSSR count). The van der Waals surface area contributed by atoms with E-state index in [9.17, 15) is 10.4 Å². The van der Waals surface area contributed by atoms with E-state index in [1.54, 1.807) is 12.1 Å². The average molecular weight is 245 g/mol. The van der Waals surface area contributed by atoms with Crippen LogP contribution >= 0.6 is 23.2 Å². The summed E-state index contributed by atoms with van der Waals surface area (Å²) < 4.78 is 1.23. The summed E-state index contributed by atoms with van der Waals surface area (Å²) in [5, 5.41) is 21.5. The Morgan fingerprint density at radius 1 is 1.33 bits per heavy atom. The van der Waals surface area contributed by atoms with Crippen molar-refractivity contribution in [2.75, 3.05) is 0 Å². The van der Waals surface area contributed by atoms with Crippen molar-refractivity contribution in [1.29, 1.82) is 0 Å². The number of hydrogen-bond donors (Lipinski definition) is 1. The van der Waals surface area contributed by atoms with Gasteiger partial charge in [0.05, 0.1) is 10.6 Å². The molecule has 1 N–H and O–H groups in total. The minimum Gasteiger partial charge on any atom is -0.710 e. The fourth-order valence-corrected chi connectivity index (χ4v) is 1.77.